The van der Waals surface area contributed by atoms with Gasteiger partial charge in [0.25, 0.3) is 0 Å². The molecule has 0 radical (unpaired) electrons. The van der Waals surface area contributed by atoms with Crippen molar-refractivity contribution in [3.8, 4) is 0 Å². The molecule has 1 aromatic carbocycles. The monoisotopic (exact) mass is 351 g/mol. The summed E-state index contributed by atoms with van der Waals surface area (Å²) < 4.78 is 2.17. The highest BCUT2D eigenvalue weighted by molar-refractivity contribution is 5.95. The van der Waals surface area contributed by atoms with Crippen LogP contribution in [0.25, 0.3) is 17.1 Å². The summed E-state index contributed by atoms with van der Waals surface area (Å²) in [6.45, 7) is 9.95. The zero-order valence-corrected chi connectivity index (χ0v) is 15.4. The molecule has 0 saturated carbocycles. The van der Waals surface area contributed by atoms with Crippen LogP contribution in [0.2, 0.25) is 0 Å². The molecular weight excluding hydrogens is 330 g/mol. The van der Waals surface area contributed by atoms with E-state index in [2.05, 4.69) is 66.0 Å². The Morgan fingerprint density at radius 2 is 1.92 bits per heavy atom. The van der Waals surface area contributed by atoms with Gasteiger partial charge in [0.2, 0.25) is 0 Å². The molecule has 0 unspecified atom stereocenters. The second kappa shape index (κ2) is 6.79. The first-order valence-corrected chi connectivity index (χ1v) is 8.34. The normalized spacial score (nSPS) is 13.1. The average molecular weight is 352 g/mol. The molecule has 0 bridgehead atoms. The number of halogens is 1. The van der Waals surface area contributed by atoms with Crippen molar-refractivity contribution in [1.29, 1.82) is 0 Å². The molecule has 0 N–H and O–H groups in total. The Morgan fingerprint density at radius 3 is 2.68 bits per heavy atom. The molecule has 0 aliphatic carbocycles. The van der Waals surface area contributed by atoms with E-state index in [4.69, 9.17) is 4.98 Å². The van der Waals surface area contributed by atoms with Crippen LogP contribution in [0, 0.1) is 13.8 Å². The van der Waals surface area contributed by atoms with Crippen LogP contribution in [-0.4, -0.2) is 16.1 Å². The molecule has 0 saturated heterocycles. The fourth-order valence-electron chi connectivity index (χ4n) is 3.69. The SMILES string of the molecule is C=C=Cn1c(C)c(C)c2ccnc(N3CCc4ccccc4C3)c21.Cl. The summed E-state index contributed by atoms with van der Waals surface area (Å²) >= 11 is 0. The third kappa shape index (κ3) is 2.76. The number of hydrogen-bond acceptors (Lipinski definition) is 2. The lowest BCUT2D eigenvalue weighted by Crippen LogP contribution is -2.31. The predicted octanol–water partition coefficient (Wildman–Crippen LogP) is 4.89. The number of aryl methyl sites for hydroxylation is 1. The third-order valence-electron chi connectivity index (χ3n) is 5.10. The summed E-state index contributed by atoms with van der Waals surface area (Å²) in [6, 6.07) is 10.8. The number of hydrogen-bond donors (Lipinski definition) is 0. The van der Waals surface area contributed by atoms with Crippen molar-refractivity contribution < 1.29 is 0 Å². The lowest BCUT2D eigenvalue weighted by Gasteiger charge is -2.30. The van der Waals surface area contributed by atoms with Crippen molar-refractivity contribution >= 4 is 35.3 Å². The maximum atomic E-state index is 4.74. The van der Waals surface area contributed by atoms with E-state index in [0.717, 1.165) is 30.8 Å². The van der Waals surface area contributed by atoms with Gasteiger partial charge in [0.05, 0.1) is 11.7 Å². The predicted molar refractivity (Wildman–Crippen MR) is 108 cm³/mol. The van der Waals surface area contributed by atoms with Crippen molar-refractivity contribution in [3.05, 3.63) is 71.2 Å². The number of fused-ring (bicyclic) bond motifs is 2. The highest BCUT2D eigenvalue weighted by Gasteiger charge is 2.22. The number of anilines is 1. The number of benzene rings is 1. The molecule has 2 aromatic heterocycles. The largest absolute Gasteiger partial charge is 0.350 e. The Balaban J connectivity index is 0.00000182. The third-order valence-corrected chi connectivity index (χ3v) is 5.10. The van der Waals surface area contributed by atoms with Gasteiger partial charge in [0.15, 0.2) is 5.82 Å². The Hall–Kier alpha value is -2.48. The van der Waals surface area contributed by atoms with Gasteiger partial charge >= 0.3 is 0 Å². The number of nitrogens with zero attached hydrogens (tertiary/aromatic N) is 3. The molecule has 0 spiro atoms. The fraction of sp³-hybridized carbons (Fsp3) is 0.238. The van der Waals surface area contributed by atoms with Gasteiger partial charge in [0.1, 0.15) is 0 Å². The van der Waals surface area contributed by atoms with E-state index < -0.39 is 0 Å². The van der Waals surface area contributed by atoms with Crippen LogP contribution in [0.15, 0.2) is 48.8 Å². The molecule has 4 heteroatoms. The molecule has 0 atom stereocenters. The quantitative estimate of drug-likeness (QED) is 0.613. The summed E-state index contributed by atoms with van der Waals surface area (Å²) in [5, 5.41) is 1.25. The maximum absolute atomic E-state index is 4.74. The zero-order chi connectivity index (χ0) is 16.7. The summed E-state index contributed by atoms with van der Waals surface area (Å²) in [6.07, 6.45) is 4.89. The first-order valence-electron chi connectivity index (χ1n) is 8.34. The molecule has 3 heterocycles. The van der Waals surface area contributed by atoms with E-state index in [9.17, 15) is 0 Å². The van der Waals surface area contributed by atoms with Gasteiger partial charge in [-0.3, -0.25) is 0 Å². The number of pyridine rings is 1. The van der Waals surface area contributed by atoms with Crippen LogP contribution in [0.5, 0.6) is 0 Å². The Morgan fingerprint density at radius 1 is 1.16 bits per heavy atom. The van der Waals surface area contributed by atoms with Crippen LogP contribution < -0.4 is 4.90 Å². The highest BCUT2D eigenvalue weighted by atomic mass is 35.5. The summed E-state index contributed by atoms with van der Waals surface area (Å²) in [7, 11) is 0. The van der Waals surface area contributed by atoms with E-state index in [1.165, 1.54) is 27.8 Å². The van der Waals surface area contributed by atoms with E-state index in [-0.39, 0.29) is 12.4 Å². The van der Waals surface area contributed by atoms with Gasteiger partial charge in [-0.05, 0) is 43.0 Å². The maximum Gasteiger partial charge on any atom is 0.153 e. The topological polar surface area (TPSA) is 21.1 Å². The van der Waals surface area contributed by atoms with E-state index in [1.54, 1.807) is 0 Å². The molecule has 0 amide bonds. The van der Waals surface area contributed by atoms with Crippen molar-refractivity contribution in [1.82, 2.24) is 9.55 Å². The van der Waals surface area contributed by atoms with E-state index >= 15 is 0 Å². The number of rotatable bonds is 2. The molecule has 1 aliphatic heterocycles. The second-order valence-electron chi connectivity index (χ2n) is 6.38. The van der Waals surface area contributed by atoms with Crippen LogP contribution >= 0.6 is 12.4 Å². The summed E-state index contributed by atoms with van der Waals surface area (Å²) in [5.74, 6) is 1.05. The van der Waals surface area contributed by atoms with Gasteiger partial charge in [-0.25, -0.2) is 4.98 Å². The van der Waals surface area contributed by atoms with E-state index in [0.29, 0.717) is 0 Å². The van der Waals surface area contributed by atoms with Crippen molar-refractivity contribution in [2.45, 2.75) is 26.8 Å². The second-order valence-corrected chi connectivity index (χ2v) is 6.38. The van der Waals surface area contributed by atoms with Gasteiger partial charge in [-0.2, -0.15) is 0 Å². The standard InChI is InChI=1S/C21H21N3.ClH/c1-4-12-24-16(3)15(2)19-9-11-22-21(20(19)24)23-13-10-17-7-5-6-8-18(17)14-23;/h5-9,11-12H,1,10,13-14H2,2-3H3;1H. The molecule has 25 heavy (non-hydrogen) atoms. The molecule has 4 rings (SSSR count). The van der Waals surface area contributed by atoms with Gasteiger partial charge in [0, 0.05) is 30.4 Å². The molecular formula is C21H22ClN3. The average Bonchev–Trinajstić information content (AvgIpc) is 2.87. The Bertz CT molecular complexity index is 980. The Labute approximate surface area is 154 Å². The highest BCUT2D eigenvalue weighted by Crippen LogP contribution is 2.33. The van der Waals surface area contributed by atoms with Crippen LogP contribution in [-0.2, 0) is 13.0 Å². The molecule has 128 valence electrons. The van der Waals surface area contributed by atoms with Crippen LogP contribution in [0.4, 0.5) is 5.82 Å². The lowest BCUT2D eigenvalue weighted by molar-refractivity contribution is 0.723. The fourth-order valence-corrected chi connectivity index (χ4v) is 3.69. The first kappa shape index (κ1) is 17.3. The summed E-state index contributed by atoms with van der Waals surface area (Å²) in [4.78, 5) is 7.12. The minimum absolute atomic E-state index is 0. The zero-order valence-electron chi connectivity index (χ0n) is 14.6. The molecule has 1 aliphatic rings. The minimum atomic E-state index is 0. The summed E-state index contributed by atoms with van der Waals surface area (Å²) in [5.41, 5.74) is 9.43. The lowest BCUT2D eigenvalue weighted by atomic mass is 10.00. The molecule has 3 nitrogen and oxygen atoms in total. The van der Waals surface area contributed by atoms with Crippen LogP contribution in [0.1, 0.15) is 22.4 Å². The van der Waals surface area contributed by atoms with Gasteiger partial charge < -0.3 is 9.47 Å². The molecule has 0 fully saturated rings. The van der Waals surface area contributed by atoms with Gasteiger partial charge in [-0.15, -0.1) is 18.1 Å². The Kier molecular flexibility index (Phi) is 4.71. The smallest absolute Gasteiger partial charge is 0.153 e. The van der Waals surface area contributed by atoms with E-state index in [1.807, 2.05) is 12.4 Å². The molecule has 3 aromatic rings. The first-order chi connectivity index (χ1) is 11.7. The minimum Gasteiger partial charge on any atom is -0.350 e. The van der Waals surface area contributed by atoms with Crippen LogP contribution in [0.3, 0.4) is 0 Å². The van der Waals surface area contributed by atoms with Crippen molar-refractivity contribution in [2.75, 3.05) is 11.4 Å². The number of aromatic nitrogens is 2. The van der Waals surface area contributed by atoms with Crippen molar-refractivity contribution in [3.63, 3.8) is 0 Å². The van der Waals surface area contributed by atoms with Gasteiger partial charge in [-0.1, -0.05) is 30.8 Å². The van der Waals surface area contributed by atoms with Crippen molar-refractivity contribution in [2.24, 2.45) is 0 Å².